The number of hydrogen-bond donors (Lipinski definition) is 1. The van der Waals surface area contributed by atoms with Crippen molar-refractivity contribution in [1.29, 1.82) is 0 Å². The molecule has 0 bridgehead atoms. The van der Waals surface area contributed by atoms with Gasteiger partial charge in [0.2, 0.25) is 0 Å². The topological polar surface area (TPSA) is 35.2 Å². The minimum atomic E-state index is -0.174. The van der Waals surface area contributed by atoms with Gasteiger partial charge in [-0.15, -0.1) is 0 Å². The normalized spacial score (nSPS) is 23.0. The zero-order valence-electron chi connectivity index (χ0n) is 9.36. The van der Waals surface area contributed by atoms with Crippen LogP contribution in [-0.2, 0) is 4.74 Å². The van der Waals surface area contributed by atoms with Crippen LogP contribution in [0.4, 0.5) is 4.39 Å². The van der Waals surface area contributed by atoms with Crippen molar-refractivity contribution in [3.05, 3.63) is 35.6 Å². The van der Waals surface area contributed by atoms with E-state index in [2.05, 4.69) is 0 Å². The van der Waals surface area contributed by atoms with E-state index in [1.807, 2.05) is 12.1 Å². The summed E-state index contributed by atoms with van der Waals surface area (Å²) in [4.78, 5) is 0. The van der Waals surface area contributed by atoms with Crippen molar-refractivity contribution in [2.24, 2.45) is 5.73 Å². The fourth-order valence-corrected chi connectivity index (χ4v) is 2.34. The van der Waals surface area contributed by atoms with Gasteiger partial charge in [-0.05, 0) is 30.9 Å². The van der Waals surface area contributed by atoms with Crippen molar-refractivity contribution in [1.82, 2.24) is 0 Å². The lowest BCUT2D eigenvalue weighted by molar-refractivity contribution is -0.0000436. The zero-order valence-corrected chi connectivity index (χ0v) is 9.36. The molecule has 2 rings (SSSR count). The predicted molar refractivity (Wildman–Crippen MR) is 61.8 cm³/mol. The quantitative estimate of drug-likeness (QED) is 0.854. The third-order valence-corrected chi connectivity index (χ3v) is 3.22. The van der Waals surface area contributed by atoms with Gasteiger partial charge >= 0.3 is 0 Å². The molecule has 1 aromatic carbocycles. The smallest absolute Gasteiger partial charge is 0.126 e. The molecule has 0 saturated carbocycles. The first kappa shape index (κ1) is 11.6. The van der Waals surface area contributed by atoms with Gasteiger partial charge in [-0.25, -0.2) is 4.39 Å². The summed E-state index contributed by atoms with van der Waals surface area (Å²) in [5, 5.41) is 0. The molecule has 0 spiro atoms. The minimum absolute atomic E-state index is 0.0125. The van der Waals surface area contributed by atoms with Crippen molar-refractivity contribution in [2.45, 2.75) is 31.3 Å². The molecule has 2 unspecified atom stereocenters. The Hall–Kier alpha value is -0.930. The van der Waals surface area contributed by atoms with Gasteiger partial charge in [-0.1, -0.05) is 18.2 Å². The molecule has 0 radical (unpaired) electrons. The molecule has 1 heterocycles. The van der Waals surface area contributed by atoms with Crippen LogP contribution in [0, 0.1) is 5.82 Å². The summed E-state index contributed by atoms with van der Waals surface area (Å²) < 4.78 is 19.4. The number of ether oxygens (including phenoxy) is 1. The summed E-state index contributed by atoms with van der Waals surface area (Å²) >= 11 is 0. The Morgan fingerprint density at radius 2 is 2.19 bits per heavy atom. The largest absolute Gasteiger partial charge is 0.378 e. The Morgan fingerprint density at radius 1 is 1.38 bits per heavy atom. The van der Waals surface area contributed by atoms with E-state index in [0.717, 1.165) is 25.9 Å². The van der Waals surface area contributed by atoms with Gasteiger partial charge in [-0.3, -0.25) is 0 Å². The number of halogens is 1. The Morgan fingerprint density at radius 3 is 2.81 bits per heavy atom. The van der Waals surface area contributed by atoms with Crippen molar-refractivity contribution in [2.75, 3.05) is 13.2 Å². The number of hydrogen-bond acceptors (Lipinski definition) is 2. The highest BCUT2D eigenvalue weighted by molar-refractivity contribution is 5.23. The van der Waals surface area contributed by atoms with Gasteiger partial charge in [-0.2, -0.15) is 0 Å². The van der Waals surface area contributed by atoms with Crippen LogP contribution in [0.5, 0.6) is 0 Å². The lowest BCUT2D eigenvalue weighted by Crippen LogP contribution is -2.31. The summed E-state index contributed by atoms with van der Waals surface area (Å²) in [7, 11) is 0. The summed E-state index contributed by atoms with van der Waals surface area (Å²) in [5.74, 6) is -0.186. The van der Waals surface area contributed by atoms with Crippen LogP contribution in [-0.4, -0.2) is 19.3 Å². The zero-order chi connectivity index (χ0) is 11.4. The van der Waals surface area contributed by atoms with Crippen LogP contribution in [0.3, 0.4) is 0 Å². The molecular formula is C13H18FNO. The van der Waals surface area contributed by atoms with Crippen molar-refractivity contribution < 1.29 is 9.13 Å². The SMILES string of the molecule is NCC(c1ccccc1F)C1CCCCO1. The van der Waals surface area contributed by atoms with Gasteiger partial charge < -0.3 is 10.5 Å². The summed E-state index contributed by atoms with van der Waals surface area (Å²) in [6.45, 7) is 1.21. The van der Waals surface area contributed by atoms with Crippen LogP contribution < -0.4 is 5.73 Å². The third-order valence-electron chi connectivity index (χ3n) is 3.22. The predicted octanol–water partition coefficient (Wildman–Crippen LogP) is 2.44. The lowest BCUT2D eigenvalue weighted by atomic mass is 9.89. The lowest BCUT2D eigenvalue weighted by Gasteiger charge is -2.30. The average Bonchev–Trinajstić information content (AvgIpc) is 2.34. The first-order valence-corrected chi connectivity index (χ1v) is 5.89. The minimum Gasteiger partial charge on any atom is -0.378 e. The molecule has 0 amide bonds. The Bertz CT molecular complexity index is 336. The molecule has 1 aromatic rings. The third kappa shape index (κ3) is 2.42. The van der Waals surface area contributed by atoms with Gasteiger partial charge in [0.15, 0.2) is 0 Å². The fourth-order valence-electron chi connectivity index (χ4n) is 2.34. The first-order valence-electron chi connectivity index (χ1n) is 5.89. The van der Waals surface area contributed by atoms with Crippen molar-refractivity contribution in [3.63, 3.8) is 0 Å². The van der Waals surface area contributed by atoms with E-state index in [9.17, 15) is 4.39 Å². The monoisotopic (exact) mass is 223 g/mol. The van der Waals surface area contributed by atoms with Crippen molar-refractivity contribution >= 4 is 0 Å². The number of rotatable bonds is 3. The molecule has 2 nitrogen and oxygen atoms in total. The van der Waals surface area contributed by atoms with E-state index in [4.69, 9.17) is 10.5 Å². The molecule has 2 atom stereocenters. The van der Waals surface area contributed by atoms with Gasteiger partial charge in [0.1, 0.15) is 5.82 Å². The van der Waals surface area contributed by atoms with Crippen LogP contribution in [0.15, 0.2) is 24.3 Å². The standard InChI is InChI=1S/C13H18FNO/c14-12-6-2-1-5-10(12)11(9-15)13-7-3-4-8-16-13/h1-2,5-6,11,13H,3-4,7-9,15H2. The van der Waals surface area contributed by atoms with E-state index in [-0.39, 0.29) is 17.8 Å². The maximum Gasteiger partial charge on any atom is 0.126 e. The Balaban J connectivity index is 2.18. The number of benzene rings is 1. The van der Waals surface area contributed by atoms with E-state index in [1.54, 1.807) is 6.07 Å². The Labute approximate surface area is 95.6 Å². The average molecular weight is 223 g/mol. The highest BCUT2D eigenvalue weighted by atomic mass is 19.1. The molecule has 0 aromatic heterocycles. The first-order chi connectivity index (χ1) is 7.83. The highest BCUT2D eigenvalue weighted by Gasteiger charge is 2.26. The molecule has 88 valence electrons. The summed E-state index contributed by atoms with van der Waals surface area (Å²) in [5.41, 5.74) is 6.45. The van der Waals surface area contributed by atoms with E-state index >= 15 is 0 Å². The Kier molecular flexibility index (Phi) is 3.91. The van der Waals surface area contributed by atoms with Crippen LogP contribution in [0.2, 0.25) is 0 Å². The second kappa shape index (κ2) is 5.41. The van der Waals surface area contributed by atoms with E-state index in [1.165, 1.54) is 6.07 Å². The van der Waals surface area contributed by atoms with Gasteiger partial charge in [0.05, 0.1) is 6.10 Å². The fraction of sp³-hybridized carbons (Fsp3) is 0.538. The molecule has 1 aliphatic heterocycles. The highest BCUT2D eigenvalue weighted by Crippen LogP contribution is 2.29. The summed E-state index contributed by atoms with van der Waals surface area (Å²) in [6, 6.07) is 6.85. The van der Waals surface area contributed by atoms with Crippen LogP contribution in [0.1, 0.15) is 30.7 Å². The van der Waals surface area contributed by atoms with Gasteiger partial charge in [0.25, 0.3) is 0 Å². The molecule has 1 aliphatic rings. The molecule has 2 N–H and O–H groups in total. The maximum absolute atomic E-state index is 13.7. The van der Waals surface area contributed by atoms with Crippen LogP contribution in [0.25, 0.3) is 0 Å². The second-order valence-corrected chi connectivity index (χ2v) is 4.27. The molecule has 3 heteroatoms. The molecule has 1 saturated heterocycles. The van der Waals surface area contributed by atoms with E-state index in [0.29, 0.717) is 12.1 Å². The van der Waals surface area contributed by atoms with E-state index < -0.39 is 0 Å². The maximum atomic E-state index is 13.7. The molecule has 1 fully saturated rings. The molecular weight excluding hydrogens is 205 g/mol. The van der Waals surface area contributed by atoms with Crippen LogP contribution >= 0.6 is 0 Å². The molecule has 16 heavy (non-hydrogen) atoms. The second-order valence-electron chi connectivity index (χ2n) is 4.27. The number of nitrogens with two attached hydrogens (primary N) is 1. The molecule has 0 aliphatic carbocycles. The summed E-state index contributed by atoms with van der Waals surface area (Å²) in [6.07, 6.45) is 3.31. The van der Waals surface area contributed by atoms with Gasteiger partial charge in [0, 0.05) is 19.1 Å². The van der Waals surface area contributed by atoms with Crippen molar-refractivity contribution in [3.8, 4) is 0 Å².